The number of fused-ring (bicyclic) bond motifs is 1. The van der Waals surface area contributed by atoms with E-state index in [0.29, 0.717) is 16.7 Å². The number of nitro benzene ring substituents is 1. The van der Waals surface area contributed by atoms with Crippen molar-refractivity contribution in [3.63, 3.8) is 0 Å². The lowest BCUT2D eigenvalue weighted by molar-refractivity contribution is -0.385. The summed E-state index contributed by atoms with van der Waals surface area (Å²) in [5.41, 5.74) is 0.595. The third-order valence-corrected chi connectivity index (χ3v) is 4.05. The Labute approximate surface area is 158 Å². The maximum atomic E-state index is 12.3. The Hall–Kier alpha value is -4.01. The number of imide groups is 1. The molecule has 0 aromatic heterocycles. The van der Waals surface area contributed by atoms with Gasteiger partial charge in [-0.3, -0.25) is 24.6 Å². The first-order valence-electron chi connectivity index (χ1n) is 8.16. The van der Waals surface area contributed by atoms with Crippen LogP contribution in [0.4, 0.5) is 5.69 Å². The summed E-state index contributed by atoms with van der Waals surface area (Å²) in [6.45, 7) is -0.194. The first-order chi connectivity index (χ1) is 13.4. The Bertz CT molecular complexity index is 978. The lowest BCUT2D eigenvalue weighted by Gasteiger charge is -2.14. The number of rotatable bonds is 7. The van der Waals surface area contributed by atoms with Crippen LogP contribution in [0.2, 0.25) is 0 Å². The van der Waals surface area contributed by atoms with Gasteiger partial charge >= 0.3 is 11.7 Å². The second kappa shape index (κ2) is 7.70. The van der Waals surface area contributed by atoms with Crippen molar-refractivity contribution in [1.29, 1.82) is 0 Å². The molecular formula is C19H14N2O7. The van der Waals surface area contributed by atoms with Crippen LogP contribution in [-0.2, 0) is 4.79 Å². The number of ether oxygens (including phenoxy) is 1. The maximum absolute atomic E-state index is 12.3. The highest BCUT2D eigenvalue weighted by atomic mass is 16.6. The number of nitro groups is 1. The van der Waals surface area contributed by atoms with Gasteiger partial charge in [0.15, 0.2) is 5.75 Å². The predicted octanol–water partition coefficient (Wildman–Crippen LogP) is 2.37. The fraction of sp³-hybridized carbons (Fsp3) is 0.105. The van der Waals surface area contributed by atoms with E-state index in [2.05, 4.69) is 0 Å². The molecule has 1 aliphatic heterocycles. The molecule has 0 saturated heterocycles. The third-order valence-electron chi connectivity index (χ3n) is 4.05. The lowest BCUT2D eigenvalue weighted by atomic mass is 10.1. The molecule has 1 heterocycles. The molecular weight excluding hydrogens is 368 g/mol. The van der Waals surface area contributed by atoms with E-state index in [0.717, 1.165) is 11.0 Å². The molecule has 0 saturated carbocycles. The lowest BCUT2D eigenvalue weighted by Crippen LogP contribution is -2.33. The van der Waals surface area contributed by atoms with E-state index in [-0.39, 0.29) is 24.6 Å². The van der Waals surface area contributed by atoms with E-state index in [1.54, 1.807) is 24.3 Å². The van der Waals surface area contributed by atoms with Gasteiger partial charge in [0.2, 0.25) is 0 Å². The summed E-state index contributed by atoms with van der Waals surface area (Å²) < 4.78 is 5.41. The van der Waals surface area contributed by atoms with Gasteiger partial charge in [0.25, 0.3) is 11.8 Å². The second-order valence-corrected chi connectivity index (χ2v) is 5.81. The Balaban J connectivity index is 1.70. The van der Waals surface area contributed by atoms with E-state index < -0.39 is 22.7 Å². The fourth-order valence-electron chi connectivity index (χ4n) is 2.76. The number of carbonyl (C=O) groups excluding carboxylic acids is 2. The molecule has 28 heavy (non-hydrogen) atoms. The molecule has 2 aromatic carbocycles. The number of carboxylic acid groups (broad SMARTS) is 1. The zero-order chi connectivity index (χ0) is 20.3. The van der Waals surface area contributed by atoms with Gasteiger partial charge < -0.3 is 9.84 Å². The van der Waals surface area contributed by atoms with Crippen LogP contribution in [0.3, 0.4) is 0 Å². The molecule has 0 unspecified atom stereocenters. The van der Waals surface area contributed by atoms with Crippen molar-refractivity contribution >= 4 is 29.5 Å². The van der Waals surface area contributed by atoms with Crippen molar-refractivity contribution in [1.82, 2.24) is 4.90 Å². The molecule has 3 rings (SSSR count). The Morgan fingerprint density at radius 2 is 1.79 bits per heavy atom. The smallest absolute Gasteiger partial charge is 0.328 e. The minimum atomic E-state index is -1.18. The minimum absolute atomic E-state index is 0.0471. The number of hydrogen-bond acceptors (Lipinski definition) is 6. The van der Waals surface area contributed by atoms with E-state index in [1.807, 2.05) is 0 Å². The number of benzene rings is 2. The zero-order valence-electron chi connectivity index (χ0n) is 14.4. The van der Waals surface area contributed by atoms with E-state index in [9.17, 15) is 24.5 Å². The van der Waals surface area contributed by atoms with Gasteiger partial charge in [-0.15, -0.1) is 0 Å². The molecule has 142 valence electrons. The first kappa shape index (κ1) is 18.8. The molecule has 0 aliphatic carbocycles. The molecule has 9 nitrogen and oxygen atoms in total. The molecule has 2 amide bonds. The predicted molar refractivity (Wildman–Crippen MR) is 97.1 cm³/mol. The highest BCUT2D eigenvalue weighted by Crippen LogP contribution is 2.29. The van der Waals surface area contributed by atoms with Gasteiger partial charge in [0.1, 0.15) is 6.61 Å². The monoisotopic (exact) mass is 382 g/mol. The van der Waals surface area contributed by atoms with Crippen LogP contribution in [0, 0.1) is 10.1 Å². The standard InChI is InChI=1S/C19H14N2O7/c22-17(23)8-6-12-5-7-16(15(11-12)21(26)27)28-10-9-20-18(24)13-3-1-2-4-14(13)19(20)25/h1-8,11H,9-10H2,(H,22,23). The third kappa shape index (κ3) is 3.73. The van der Waals surface area contributed by atoms with Crippen molar-refractivity contribution < 1.29 is 29.2 Å². The zero-order valence-corrected chi connectivity index (χ0v) is 14.4. The molecule has 9 heteroatoms. The summed E-state index contributed by atoms with van der Waals surface area (Å²) in [7, 11) is 0. The van der Waals surface area contributed by atoms with E-state index in [4.69, 9.17) is 9.84 Å². The normalized spacial score (nSPS) is 13.1. The first-order valence-corrected chi connectivity index (χ1v) is 8.16. The van der Waals surface area contributed by atoms with Gasteiger partial charge in [-0.1, -0.05) is 18.2 Å². The molecule has 0 spiro atoms. The fourth-order valence-corrected chi connectivity index (χ4v) is 2.76. The molecule has 0 fully saturated rings. The summed E-state index contributed by atoms with van der Waals surface area (Å²) in [5, 5.41) is 19.9. The number of aliphatic carboxylic acids is 1. The van der Waals surface area contributed by atoms with Crippen molar-refractivity contribution in [2.75, 3.05) is 13.2 Å². The maximum Gasteiger partial charge on any atom is 0.328 e. The van der Waals surface area contributed by atoms with Gasteiger partial charge in [-0.05, 0) is 29.8 Å². The molecule has 1 aliphatic rings. The molecule has 0 atom stereocenters. The Kier molecular flexibility index (Phi) is 5.16. The molecule has 0 radical (unpaired) electrons. The van der Waals surface area contributed by atoms with E-state index >= 15 is 0 Å². The van der Waals surface area contributed by atoms with Gasteiger partial charge in [0.05, 0.1) is 22.6 Å². The van der Waals surface area contributed by atoms with Crippen molar-refractivity contribution in [2.45, 2.75) is 0 Å². The van der Waals surface area contributed by atoms with Crippen LogP contribution in [0.1, 0.15) is 26.3 Å². The van der Waals surface area contributed by atoms with Gasteiger partial charge in [0, 0.05) is 12.1 Å². The number of nitrogens with zero attached hydrogens (tertiary/aromatic N) is 2. The number of hydrogen-bond donors (Lipinski definition) is 1. The molecule has 2 aromatic rings. The highest BCUT2D eigenvalue weighted by molar-refractivity contribution is 6.21. The number of amides is 2. The van der Waals surface area contributed by atoms with Crippen molar-refractivity contribution in [3.8, 4) is 5.75 Å². The van der Waals surface area contributed by atoms with Crippen molar-refractivity contribution in [2.24, 2.45) is 0 Å². The summed E-state index contributed by atoms with van der Waals surface area (Å²) in [6.07, 6.45) is 2.08. The minimum Gasteiger partial charge on any atom is -0.485 e. The van der Waals surface area contributed by atoms with E-state index in [1.165, 1.54) is 24.3 Å². The van der Waals surface area contributed by atoms with Crippen LogP contribution in [0.15, 0.2) is 48.5 Å². The summed E-state index contributed by atoms with van der Waals surface area (Å²) in [5.74, 6) is -2.10. The van der Waals surface area contributed by atoms with Crippen LogP contribution in [0.25, 0.3) is 6.08 Å². The number of carbonyl (C=O) groups is 3. The van der Waals surface area contributed by atoms with Gasteiger partial charge in [-0.25, -0.2) is 4.79 Å². The molecule has 1 N–H and O–H groups in total. The number of carboxylic acids is 1. The quantitative estimate of drug-likeness (QED) is 0.337. The summed E-state index contributed by atoms with van der Waals surface area (Å²) >= 11 is 0. The van der Waals surface area contributed by atoms with Crippen LogP contribution in [0.5, 0.6) is 5.75 Å². The Morgan fingerprint density at radius 1 is 1.14 bits per heavy atom. The summed E-state index contributed by atoms with van der Waals surface area (Å²) in [4.78, 5) is 46.7. The SMILES string of the molecule is O=C(O)C=Cc1ccc(OCCN2C(=O)c3ccccc3C2=O)c([N+](=O)[O-])c1. The van der Waals surface area contributed by atoms with Crippen LogP contribution in [-0.4, -0.2) is 45.9 Å². The molecule has 0 bridgehead atoms. The average molecular weight is 382 g/mol. The second-order valence-electron chi connectivity index (χ2n) is 5.81. The van der Waals surface area contributed by atoms with Gasteiger partial charge in [-0.2, -0.15) is 0 Å². The van der Waals surface area contributed by atoms with Crippen LogP contribution < -0.4 is 4.74 Å². The summed E-state index contributed by atoms with van der Waals surface area (Å²) in [6, 6.07) is 10.4. The largest absolute Gasteiger partial charge is 0.485 e. The van der Waals surface area contributed by atoms with Crippen molar-refractivity contribution in [3.05, 3.63) is 75.3 Å². The average Bonchev–Trinajstić information content (AvgIpc) is 2.92. The Morgan fingerprint density at radius 3 is 2.36 bits per heavy atom. The topological polar surface area (TPSA) is 127 Å². The van der Waals surface area contributed by atoms with Crippen LogP contribution >= 0.6 is 0 Å². The highest BCUT2D eigenvalue weighted by Gasteiger charge is 2.34.